The molecule has 50 heavy (non-hydrogen) atoms. The van der Waals surface area contributed by atoms with E-state index in [0.29, 0.717) is 48.8 Å². The Bertz CT molecular complexity index is 1590. The molecule has 0 aromatic heterocycles. The first kappa shape index (κ1) is 36.1. The molecule has 9 atom stereocenters. The fraction of sp³-hybridized carbons (Fsp3) is 0.529. The number of halogens is 2. The highest BCUT2D eigenvalue weighted by molar-refractivity contribution is 5.97. The van der Waals surface area contributed by atoms with Crippen molar-refractivity contribution in [3.63, 3.8) is 0 Å². The molecule has 5 N–H and O–H groups in total. The molecule has 0 unspecified atom stereocenters. The van der Waals surface area contributed by atoms with Crippen LogP contribution in [0.15, 0.2) is 47.1 Å². The first-order valence-corrected chi connectivity index (χ1v) is 16.3. The Labute approximate surface area is 286 Å². The molecule has 0 radical (unpaired) electrons. The molecule has 14 nitrogen and oxygen atoms in total. The highest BCUT2D eigenvalue weighted by Gasteiger charge is 2.53. The molecule has 2 aromatic rings. The number of aliphatic hydroxyl groups is 4. The van der Waals surface area contributed by atoms with Crippen molar-refractivity contribution in [3.8, 4) is 5.75 Å². The number of hydrogen-bond donors (Lipinski definition) is 5. The molecular weight excluding hydrogens is 664 g/mol. The zero-order chi connectivity index (χ0) is 35.5. The highest BCUT2D eigenvalue weighted by atomic mass is 19.1. The minimum Gasteiger partial charge on any atom is -0.462 e. The van der Waals surface area contributed by atoms with Crippen LogP contribution in [0.4, 0.5) is 14.5 Å². The minimum atomic E-state index is -1.51. The van der Waals surface area contributed by atoms with Crippen molar-refractivity contribution in [1.29, 1.82) is 0 Å². The minimum absolute atomic E-state index is 0.00752. The van der Waals surface area contributed by atoms with Crippen LogP contribution in [0.25, 0.3) is 6.08 Å². The van der Waals surface area contributed by atoms with Gasteiger partial charge in [-0.3, -0.25) is 4.79 Å². The normalized spacial score (nSPS) is 31.8. The summed E-state index contributed by atoms with van der Waals surface area (Å²) in [5.41, 5.74) is 1.84. The van der Waals surface area contributed by atoms with Gasteiger partial charge >= 0.3 is 0 Å². The fourth-order valence-electron chi connectivity index (χ4n) is 6.43. The molecule has 3 aliphatic heterocycles. The lowest BCUT2D eigenvalue weighted by Crippen LogP contribution is -2.67. The van der Waals surface area contributed by atoms with Crippen LogP contribution in [0.1, 0.15) is 31.4 Å². The van der Waals surface area contributed by atoms with E-state index in [4.69, 9.17) is 28.5 Å². The maximum Gasteiger partial charge on any atom is 0.247 e. The lowest BCUT2D eigenvalue weighted by Gasteiger charge is -2.41. The van der Waals surface area contributed by atoms with Gasteiger partial charge in [0.25, 0.3) is 0 Å². The molecule has 1 amide bonds. The third-order valence-corrected chi connectivity index (χ3v) is 9.15. The van der Waals surface area contributed by atoms with Gasteiger partial charge in [-0.25, -0.2) is 8.78 Å². The molecular formula is C34H41F2N3O11. The maximum absolute atomic E-state index is 15.1. The standard InChI is InChI=1S/C34H41F2N3O11/c1-17(34(44)37-27-28(41)30(43)33-32(29(27)42)46-16-47-33)11-19-4-6-25(22(36)12-19)49-26-14-24(40)31(50-26)18(2)38-48-15-20-3-5-23(21(35)13-20)39-7-9-45-10-8-39/h3-6,11-13,24,26-33,40-43H,7-10,14-16H2,1-2H3,(H,37,44)/b17-11+,38-18+/t24-,26+,27+,28-,29+,30+,31+,32-,33+/m0/s1. The SMILES string of the molecule is C/C(=C\c1ccc(O[C@H]2C[C@H](O)[C@@H](/C(C)=N/OCc3ccc(N4CCOCC4)c(F)c3)O2)c(F)c1)C(=O)N[C@@H]1[C@H](O)[C@@H](O)[C@H]2OCO[C@H]2[C@@H]1O. The highest BCUT2D eigenvalue weighted by Crippen LogP contribution is 2.31. The number of carbonyl (C=O) groups is 1. The van der Waals surface area contributed by atoms with E-state index in [-0.39, 0.29) is 37.0 Å². The molecule has 3 saturated heterocycles. The number of anilines is 1. The number of rotatable bonds is 10. The molecule has 272 valence electrons. The monoisotopic (exact) mass is 705 g/mol. The van der Waals surface area contributed by atoms with Gasteiger partial charge in [-0.15, -0.1) is 0 Å². The van der Waals surface area contributed by atoms with Crippen molar-refractivity contribution in [2.24, 2.45) is 5.16 Å². The zero-order valence-electron chi connectivity index (χ0n) is 27.5. The predicted octanol–water partition coefficient (Wildman–Crippen LogP) is 0.975. The number of amides is 1. The summed E-state index contributed by atoms with van der Waals surface area (Å²) in [6.45, 7) is 5.22. The van der Waals surface area contributed by atoms with E-state index in [1.165, 1.54) is 31.2 Å². The van der Waals surface area contributed by atoms with E-state index >= 15 is 4.39 Å². The lowest BCUT2D eigenvalue weighted by atomic mass is 9.83. The first-order chi connectivity index (χ1) is 24.0. The van der Waals surface area contributed by atoms with E-state index in [2.05, 4.69) is 10.5 Å². The van der Waals surface area contributed by atoms with Gasteiger partial charge in [0.05, 0.1) is 36.8 Å². The number of morpholine rings is 1. The van der Waals surface area contributed by atoms with Gasteiger partial charge < -0.3 is 59.2 Å². The summed E-state index contributed by atoms with van der Waals surface area (Å²) in [6, 6.07) is 7.62. The van der Waals surface area contributed by atoms with Gasteiger partial charge in [0, 0.05) is 25.1 Å². The van der Waals surface area contributed by atoms with Gasteiger partial charge in [0.15, 0.2) is 11.6 Å². The summed E-state index contributed by atoms with van der Waals surface area (Å²) < 4.78 is 57.1. The second-order valence-electron chi connectivity index (χ2n) is 12.7. The van der Waals surface area contributed by atoms with Gasteiger partial charge in [-0.1, -0.05) is 17.3 Å². The number of carbonyl (C=O) groups excluding carboxylic acids is 1. The van der Waals surface area contributed by atoms with E-state index in [9.17, 15) is 29.6 Å². The summed E-state index contributed by atoms with van der Waals surface area (Å²) in [7, 11) is 0. The predicted molar refractivity (Wildman–Crippen MR) is 172 cm³/mol. The van der Waals surface area contributed by atoms with Crippen molar-refractivity contribution >= 4 is 23.4 Å². The van der Waals surface area contributed by atoms with Crippen molar-refractivity contribution in [1.82, 2.24) is 5.32 Å². The van der Waals surface area contributed by atoms with Gasteiger partial charge in [-0.2, -0.15) is 0 Å². The zero-order valence-corrected chi connectivity index (χ0v) is 27.5. The summed E-state index contributed by atoms with van der Waals surface area (Å²) in [5.74, 6) is -1.93. The number of oxime groups is 1. The third-order valence-electron chi connectivity index (χ3n) is 9.15. The number of ether oxygens (including phenoxy) is 5. The second kappa shape index (κ2) is 15.7. The number of hydrogen-bond acceptors (Lipinski definition) is 13. The third kappa shape index (κ3) is 7.92. The Morgan fingerprint density at radius 1 is 1.00 bits per heavy atom. The molecule has 0 bridgehead atoms. The van der Waals surface area contributed by atoms with Crippen molar-refractivity contribution < 1.29 is 62.5 Å². The summed E-state index contributed by atoms with van der Waals surface area (Å²) in [4.78, 5) is 20.2. The molecule has 6 rings (SSSR count). The molecule has 16 heteroatoms. The molecule has 1 aliphatic carbocycles. The van der Waals surface area contributed by atoms with E-state index in [0.717, 1.165) is 6.07 Å². The Hall–Kier alpha value is -3.74. The van der Waals surface area contributed by atoms with Crippen LogP contribution in [0.2, 0.25) is 0 Å². The fourth-order valence-corrected chi connectivity index (χ4v) is 6.43. The van der Waals surface area contributed by atoms with E-state index in [1.807, 2.05) is 4.90 Å². The number of benzene rings is 2. The van der Waals surface area contributed by atoms with Crippen LogP contribution < -0.4 is 15.0 Å². The number of fused-ring (bicyclic) bond motifs is 1. The molecule has 4 aliphatic rings. The van der Waals surface area contributed by atoms with Crippen molar-refractivity contribution in [3.05, 3.63) is 64.7 Å². The van der Waals surface area contributed by atoms with Crippen molar-refractivity contribution in [2.45, 2.75) is 81.9 Å². The summed E-state index contributed by atoms with van der Waals surface area (Å²) in [5, 5.41) is 48.5. The Morgan fingerprint density at radius 3 is 2.46 bits per heavy atom. The van der Waals surface area contributed by atoms with Crippen LogP contribution in [-0.2, 0) is 35.2 Å². The van der Waals surface area contributed by atoms with Gasteiger partial charge in [0.1, 0.15) is 55.8 Å². The van der Waals surface area contributed by atoms with Gasteiger partial charge in [0.2, 0.25) is 12.2 Å². The largest absolute Gasteiger partial charge is 0.462 e. The second-order valence-corrected chi connectivity index (χ2v) is 12.7. The van der Waals surface area contributed by atoms with Crippen molar-refractivity contribution in [2.75, 3.05) is 38.0 Å². The van der Waals surface area contributed by atoms with Crippen LogP contribution >= 0.6 is 0 Å². The van der Waals surface area contributed by atoms with E-state index < -0.39 is 66.8 Å². The molecule has 2 aromatic carbocycles. The molecule has 1 saturated carbocycles. The van der Waals surface area contributed by atoms with E-state index in [1.54, 1.807) is 19.1 Å². The van der Waals surface area contributed by atoms with Gasteiger partial charge in [-0.05, 0) is 55.3 Å². The average molecular weight is 706 g/mol. The first-order valence-electron chi connectivity index (χ1n) is 16.3. The number of nitrogens with one attached hydrogen (secondary N) is 1. The van der Waals surface area contributed by atoms with Crippen LogP contribution in [0, 0.1) is 11.6 Å². The Morgan fingerprint density at radius 2 is 1.74 bits per heavy atom. The summed E-state index contributed by atoms with van der Waals surface area (Å²) >= 11 is 0. The summed E-state index contributed by atoms with van der Waals surface area (Å²) in [6.07, 6.45) is -7.52. The van der Waals surface area contributed by atoms with Crippen LogP contribution in [0.5, 0.6) is 5.75 Å². The Balaban J connectivity index is 1.00. The quantitative estimate of drug-likeness (QED) is 0.135. The number of nitrogens with zero attached hydrogens (tertiary/aromatic N) is 2. The maximum atomic E-state index is 15.1. The topological polar surface area (TPSA) is 181 Å². The number of aliphatic hydroxyl groups excluding tert-OH is 4. The van der Waals surface area contributed by atoms with Crippen LogP contribution in [0.3, 0.4) is 0 Å². The molecule has 0 spiro atoms. The van der Waals surface area contributed by atoms with Crippen LogP contribution in [-0.4, -0.2) is 120 Å². The molecule has 3 heterocycles. The lowest BCUT2D eigenvalue weighted by molar-refractivity contribution is -0.155. The molecule has 4 fully saturated rings. The Kier molecular flexibility index (Phi) is 11.3. The average Bonchev–Trinajstić information content (AvgIpc) is 3.74. The smallest absolute Gasteiger partial charge is 0.247 e.